The number of halogens is 2. The molecule has 0 spiro atoms. The maximum Gasteiger partial charge on any atom is 0.291 e. The molecule has 0 aliphatic carbocycles. The minimum atomic E-state index is -0.485. The zero-order chi connectivity index (χ0) is 26.4. The van der Waals surface area contributed by atoms with Gasteiger partial charge in [-0.3, -0.25) is 14.9 Å². The zero-order valence-electron chi connectivity index (χ0n) is 19.2. The van der Waals surface area contributed by atoms with Crippen molar-refractivity contribution in [1.82, 2.24) is 5.32 Å². The maximum atomic E-state index is 12.4. The lowest BCUT2D eigenvalue weighted by Gasteiger charge is -2.14. The van der Waals surface area contributed by atoms with Crippen molar-refractivity contribution in [1.29, 1.82) is 0 Å². The highest BCUT2D eigenvalue weighted by Gasteiger charge is 2.13. The summed E-state index contributed by atoms with van der Waals surface area (Å²) in [6, 6.07) is 16.6. The molecule has 37 heavy (non-hydrogen) atoms. The van der Waals surface area contributed by atoms with E-state index in [1.165, 1.54) is 25.5 Å². The first-order valence-corrected chi connectivity index (χ1v) is 11.9. The molecule has 0 bridgehead atoms. The van der Waals surface area contributed by atoms with Gasteiger partial charge in [-0.05, 0) is 79.0 Å². The Morgan fingerprint density at radius 1 is 1.03 bits per heavy atom. The topological polar surface area (TPSA) is 106 Å². The molecule has 11 heteroatoms. The number of hydrogen-bond acceptors (Lipinski definition) is 6. The van der Waals surface area contributed by atoms with Gasteiger partial charge in [-0.1, -0.05) is 23.2 Å². The Labute approximate surface area is 227 Å². The maximum absolute atomic E-state index is 12.4. The van der Waals surface area contributed by atoms with E-state index >= 15 is 0 Å². The smallest absolute Gasteiger partial charge is 0.291 e. The van der Waals surface area contributed by atoms with Crippen molar-refractivity contribution in [3.05, 3.63) is 94.6 Å². The van der Waals surface area contributed by atoms with E-state index in [0.717, 1.165) is 0 Å². The number of amides is 2. The molecular weight excluding hydrogens is 537 g/mol. The zero-order valence-corrected chi connectivity index (χ0v) is 21.5. The number of thiocarbonyl (C=S) groups is 1. The Morgan fingerprint density at radius 2 is 1.86 bits per heavy atom. The molecular formula is C26H19Cl2N3O5S. The lowest BCUT2D eigenvalue weighted by Crippen LogP contribution is -2.33. The van der Waals surface area contributed by atoms with Gasteiger partial charge in [-0.25, -0.2) is 0 Å². The van der Waals surface area contributed by atoms with Crippen LogP contribution in [0.2, 0.25) is 10.0 Å². The number of rotatable bonds is 7. The van der Waals surface area contributed by atoms with E-state index in [-0.39, 0.29) is 10.9 Å². The van der Waals surface area contributed by atoms with E-state index in [4.69, 9.17) is 49.0 Å². The van der Waals surface area contributed by atoms with Gasteiger partial charge >= 0.3 is 0 Å². The van der Waals surface area contributed by atoms with Crippen LogP contribution in [-0.4, -0.2) is 24.0 Å². The molecule has 0 saturated carbocycles. The molecule has 2 aromatic carbocycles. The Bertz CT molecular complexity index is 1480. The molecule has 188 valence electrons. The SMILES string of the molecule is COc1ccc(NC(=O)c2ccco2)cc1NC(=S)NC(=O)/C=C/c1ccc(-c2ccc(Cl)cc2Cl)o1. The lowest BCUT2D eigenvalue weighted by molar-refractivity contribution is -0.115. The van der Waals surface area contributed by atoms with Crippen LogP contribution in [0.15, 0.2) is 81.8 Å². The molecule has 2 heterocycles. The second-order valence-electron chi connectivity index (χ2n) is 7.45. The molecule has 8 nitrogen and oxygen atoms in total. The number of hydrogen-bond donors (Lipinski definition) is 3. The van der Waals surface area contributed by atoms with Crippen molar-refractivity contribution in [3.8, 4) is 17.1 Å². The van der Waals surface area contributed by atoms with Gasteiger partial charge in [0.15, 0.2) is 10.9 Å². The van der Waals surface area contributed by atoms with Crippen LogP contribution >= 0.6 is 35.4 Å². The van der Waals surface area contributed by atoms with E-state index in [1.54, 1.807) is 60.7 Å². The highest BCUT2D eigenvalue weighted by molar-refractivity contribution is 7.80. The number of anilines is 2. The monoisotopic (exact) mass is 555 g/mol. The molecule has 3 N–H and O–H groups in total. The minimum Gasteiger partial charge on any atom is -0.495 e. The second-order valence-corrected chi connectivity index (χ2v) is 8.70. The van der Waals surface area contributed by atoms with Crippen LogP contribution in [-0.2, 0) is 4.79 Å². The van der Waals surface area contributed by atoms with Crippen molar-refractivity contribution < 1.29 is 23.2 Å². The number of furan rings is 2. The third kappa shape index (κ3) is 6.79. The van der Waals surface area contributed by atoms with Gasteiger partial charge in [-0.15, -0.1) is 0 Å². The van der Waals surface area contributed by atoms with E-state index in [2.05, 4.69) is 16.0 Å². The average Bonchev–Trinajstić information content (AvgIpc) is 3.56. The van der Waals surface area contributed by atoms with E-state index in [1.807, 2.05) is 0 Å². The first-order valence-electron chi connectivity index (χ1n) is 10.7. The Morgan fingerprint density at radius 3 is 2.59 bits per heavy atom. The van der Waals surface area contributed by atoms with Crippen molar-refractivity contribution in [2.75, 3.05) is 17.7 Å². The molecule has 0 saturated heterocycles. The van der Waals surface area contributed by atoms with Gasteiger partial charge in [0.25, 0.3) is 5.91 Å². The molecule has 4 aromatic rings. The molecule has 0 unspecified atom stereocenters. The highest BCUT2D eigenvalue weighted by atomic mass is 35.5. The summed E-state index contributed by atoms with van der Waals surface area (Å²) < 4.78 is 16.2. The lowest BCUT2D eigenvalue weighted by atomic mass is 10.2. The van der Waals surface area contributed by atoms with E-state index in [0.29, 0.717) is 44.3 Å². The van der Waals surface area contributed by atoms with Gasteiger partial charge in [0.2, 0.25) is 5.91 Å². The molecule has 0 aliphatic heterocycles. The summed E-state index contributed by atoms with van der Waals surface area (Å²) in [7, 11) is 1.49. The number of carbonyl (C=O) groups excluding carboxylic acids is 2. The fourth-order valence-corrected chi connectivity index (χ4v) is 3.94. The Kier molecular flexibility index (Phi) is 8.29. The largest absolute Gasteiger partial charge is 0.495 e. The van der Waals surface area contributed by atoms with E-state index in [9.17, 15) is 9.59 Å². The van der Waals surface area contributed by atoms with Gasteiger partial charge in [-0.2, -0.15) is 0 Å². The fraction of sp³-hybridized carbons (Fsp3) is 0.0385. The van der Waals surface area contributed by atoms with Crippen LogP contribution in [0.1, 0.15) is 16.3 Å². The second kappa shape index (κ2) is 11.8. The number of ether oxygens (including phenoxy) is 1. The van der Waals surface area contributed by atoms with Crippen molar-refractivity contribution in [2.45, 2.75) is 0 Å². The average molecular weight is 556 g/mol. The van der Waals surface area contributed by atoms with Gasteiger partial charge in [0, 0.05) is 22.3 Å². The van der Waals surface area contributed by atoms with Gasteiger partial charge in [0.1, 0.15) is 17.3 Å². The summed E-state index contributed by atoms with van der Waals surface area (Å²) in [5.74, 6) is 0.691. The summed E-state index contributed by atoms with van der Waals surface area (Å²) in [5, 5.41) is 9.14. The van der Waals surface area contributed by atoms with Gasteiger partial charge in [0.05, 0.1) is 24.1 Å². The van der Waals surface area contributed by atoms with Crippen LogP contribution in [0.4, 0.5) is 11.4 Å². The summed E-state index contributed by atoms with van der Waals surface area (Å²) >= 11 is 17.4. The number of methoxy groups -OCH3 is 1. The quantitative estimate of drug-likeness (QED) is 0.173. The third-order valence-electron chi connectivity index (χ3n) is 4.91. The molecule has 4 rings (SSSR count). The first kappa shape index (κ1) is 26.0. The molecule has 0 fully saturated rings. The van der Waals surface area contributed by atoms with E-state index < -0.39 is 11.8 Å². The van der Waals surface area contributed by atoms with Crippen molar-refractivity contribution >= 4 is 69.8 Å². The van der Waals surface area contributed by atoms with Crippen LogP contribution < -0.4 is 20.7 Å². The van der Waals surface area contributed by atoms with Crippen LogP contribution in [0, 0.1) is 0 Å². The van der Waals surface area contributed by atoms with Crippen molar-refractivity contribution in [3.63, 3.8) is 0 Å². The highest BCUT2D eigenvalue weighted by Crippen LogP contribution is 2.32. The Balaban J connectivity index is 1.37. The standard InChI is InChI=1S/C26H19Cl2N3O5S/c1-34-22-9-5-16(29-25(33)23-3-2-12-35-23)14-20(22)30-26(37)31-24(32)11-7-17-6-10-21(36-17)18-8-4-15(27)13-19(18)28/h2-14H,1H3,(H,29,33)(H2,30,31,32,37)/b11-7+. The Hall–Kier alpha value is -4.05. The number of carbonyl (C=O) groups is 2. The van der Waals surface area contributed by atoms with Crippen LogP contribution in [0.25, 0.3) is 17.4 Å². The molecule has 0 aliphatic rings. The minimum absolute atomic E-state index is 0.0236. The molecule has 2 amide bonds. The predicted octanol–water partition coefficient (Wildman–Crippen LogP) is 6.63. The number of benzene rings is 2. The molecule has 0 atom stereocenters. The van der Waals surface area contributed by atoms with Crippen molar-refractivity contribution in [2.24, 2.45) is 0 Å². The summed E-state index contributed by atoms with van der Waals surface area (Å²) in [4.78, 5) is 24.6. The number of nitrogens with one attached hydrogen (secondary N) is 3. The normalized spacial score (nSPS) is 10.8. The van der Waals surface area contributed by atoms with Crippen LogP contribution in [0.3, 0.4) is 0 Å². The summed E-state index contributed by atoms with van der Waals surface area (Å²) in [5.41, 5.74) is 1.58. The fourth-order valence-electron chi connectivity index (χ4n) is 3.23. The molecule has 0 radical (unpaired) electrons. The first-order chi connectivity index (χ1) is 17.8. The van der Waals surface area contributed by atoms with Gasteiger partial charge < -0.3 is 24.2 Å². The third-order valence-corrected chi connectivity index (χ3v) is 5.66. The predicted molar refractivity (Wildman–Crippen MR) is 147 cm³/mol. The summed E-state index contributed by atoms with van der Waals surface area (Å²) in [6.07, 6.45) is 4.18. The van der Waals surface area contributed by atoms with Crippen LogP contribution in [0.5, 0.6) is 5.75 Å². The molecule has 2 aromatic heterocycles. The summed E-state index contributed by atoms with van der Waals surface area (Å²) in [6.45, 7) is 0.